The van der Waals surface area contributed by atoms with Crippen LogP contribution in [0, 0.1) is 0 Å². The van der Waals surface area contributed by atoms with Crippen molar-refractivity contribution in [2.24, 2.45) is 5.73 Å². The number of carbonyl (C=O) groups is 2. The average Bonchev–Trinajstić information content (AvgIpc) is 3.20. The number of aliphatic hydroxyl groups is 3. The molecule has 11 nitrogen and oxygen atoms in total. The maximum atomic E-state index is 13.3. The van der Waals surface area contributed by atoms with Crippen molar-refractivity contribution in [1.29, 1.82) is 0 Å². The van der Waals surface area contributed by atoms with Crippen LogP contribution in [0.3, 0.4) is 0 Å². The summed E-state index contributed by atoms with van der Waals surface area (Å²) in [6.45, 7) is 3.15. The molecule has 0 aliphatic carbocycles. The number of benzene rings is 5. The fraction of sp³-hybridized carbons (Fsp3) is 0.289. The van der Waals surface area contributed by atoms with Crippen LogP contribution >= 0.6 is 0 Å². The minimum absolute atomic E-state index is 0.0558. The Morgan fingerprint density at radius 1 is 0.804 bits per heavy atom. The van der Waals surface area contributed by atoms with Crippen LogP contribution < -0.4 is 26.4 Å². The third-order valence-electron chi connectivity index (χ3n) is 9.99. The molecular formula is C45H52N4O7. The lowest BCUT2D eigenvalue weighted by atomic mass is 9.79. The zero-order chi connectivity index (χ0) is 40.2. The standard InChI is InChI=1S/C45H52N4O7/c1-29(22-31-10-6-4-7-11-31)47-28-45(55,36-18-16-34(39(26-36)49-41(52)27-50)24-33-14-19-37(56-3)20-15-33)43(48-30(2)23-32-12-8-5-9-13-32)42(53)35-17-21-40(51)38(25-35)44(46)54/h4-21,25-26,29-30,42-43,47-48,50-51,53,55H,22-24,27-28H2,1-3H3,(H2,46,54)(H,49,52)/t29?,30?,42?,43?,45-/m0/s1. The normalized spacial score (nSPS) is 14.5. The van der Waals surface area contributed by atoms with Gasteiger partial charge in [-0.25, -0.2) is 0 Å². The number of amides is 2. The van der Waals surface area contributed by atoms with Crippen molar-refractivity contribution in [3.05, 3.63) is 160 Å². The van der Waals surface area contributed by atoms with Gasteiger partial charge >= 0.3 is 0 Å². The minimum atomic E-state index is -1.89. The van der Waals surface area contributed by atoms with Gasteiger partial charge in [0.1, 0.15) is 23.7 Å². The first-order valence-corrected chi connectivity index (χ1v) is 18.7. The molecule has 56 heavy (non-hydrogen) atoms. The molecule has 5 atom stereocenters. The second-order valence-electron chi connectivity index (χ2n) is 14.3. The molecule has 5 rings (SSSR count). The zero-order valence-electron chi connectivity index (χ0n) is 32.0. The van der Waals surface area contributed by atoms with Crippen LogP contribution in [0.25, 0.3) is 0 Å². The molecule has 5 aromatic carbocycles. The van der Waals surface area contributed by atoms with Crippen molar-refractivity contribution >= 4 is 17.5 Å². The molecular weight excluding hydrogens is 709 g/mol. The van der Waals surface area contributed by atoms with Crippen molar-refractivity contribution in [1.82, 2.24) is 10.6 Å². The summed E-state index contributed by atoms with van der Waals surface area (Å²) in [4.78, 5) is 25.0. The Kier molecular flexibility index (Phi) is 14.4. The predicted molar refractivity (Wildman–Crippen MR) is 218 cm³/mol. The Balaban J connectivity index is 1.62. The number of nitrogens with two attached hydrogens (primary N) is 1. The minimum Gasteiger partial charge on any atom is -0.507 e. The Morgan fingerprint density at radius 3 is 2.02 bits per heavy atom. The van der Waals surface area contributed by atoms with Gasteiger partial charge in [0.05, 0.1) is 24.8 Å². The average molecular weight is 761 g/mol. The topological polar surface area (TPSA) is 186 Å². The lowest BCUT2D eigenvalue weighted by molar-refractivity contribution is -0.118. The number of aliphatic hydroxyl groups excluding tert-OH is 2. The number of anilines is 1. The summed E-state index contributed by atoms with van der Waals surface area (Å²) in [5.74, 6) is -1.14. The Hall–Kier alpha value is -5.56. The van der Waals surface area contributed by atoms with Gasteiger partial charge in [-0.1, -0.05) is 91.0 Å². The highest BCUT2D eigenvalue weighted by Gasteiger charge is 2.44. The highest BCUT2D eigenvalue weighted by Crippen LogP contribution is 2.37. The molecule has 0 bridgehead atoms. The van der Waals surface area contributed by atoms with Crippen molar-refractivity contribution in [2.45, 2.75) is 62.9 Å². The second kappa shape index (κ2) is 19.3. The molecule has 9 N–H and O–H groups in total. The molecule has 0 saturated heterocycles. The summed E-state index contributed by atoms with van der Waals surface area (Å²) in [6, 6.07) is 35.1. The van der Waals surface area contributed by atoms with Gasteiger partial charge in [-0.2, -0.15) is 0 Å². The second-order valence-corrected chi connectivity index (χ2v) is 14.3. The molecule has 294 valence electrons. The summed E-state index contributed by atoms with van der Waals surface area (Å²) in [7, 11) is 1.59. The van der Waals surface area contributed by atoms with Crippen LogP contribution in [-0.2, 0) is 29.7 Å². The third kappa shape index (κ3) is 10.8. The first-order valence-electron chi connectivity index (χ1n) is 18.7. The molecule has 5 aromatic rings. The van der Waals surface area contributed by atoms with E-state index >= 15 is 0 Å². The van der Waals surface area contributed by atoms with Gasteiger partial charge in [-0.05, 0) is 96.8 Å². The zero-order valence-corrected chi connectivity index (χ0v) is 32.0. The maximum Gasteiger partial charge on any atom is 0.252 e. The summed E-state index contributed by atoms with van der Waals surface area (Å²) in [6.07, 6.45) is 0.176. The highest BCUT2D eigenvalue weighted by atomic mass is 16.5. The van der Waals surface area contributed by atoms with E-state index in [1.807, 2.05) is 105 Å². The number of nitrogens with one attached hydrogen (secondary N) is 3. The summed E-state index contributed by atoms with van der Waals surface area (Å²) >= 11 is 0. The first-order chi connectivity index (χ1) is 26.9. The maximum absolute atomic E-state index is 13.3. The van der Waals surface area contributed by atoms with Gasteiger partial charge in [-0.15, -0.1) is 0 Å². The summed E-state index contributed by atoms with van der Waals surface area (Å²) in [5, 5.41) is 55.6. The van der Waals surface area contributed by atoms with E-state index in [0.29, 0.717) is 36.3 Å². The van der Waals surface area contributed by atoms with E-state index in [4.69, 9.17) is 10.5 Å². The van der Waals surface area contributed by atoms with E-state index in [1.54, 1.807) is 19.2 Å². The number of carbonyl (C=O) groups excluding carboxylic acids is 2. The fourth-order valence-electron chi connectivity index (χ4n) is 6.98. The van der Waals surface area contributed by atoms with Crippen molar-refractivity contribution < 1.29 is 34.8 Å². The fourth-order valence-corrected chi connectivity index (χ4v) is 6.98. The van der Waals surface area contributed by atoms with E-state index in [-0.39, 0.29) is 35.5 Å². The SMILES string of the molecule is COc1ccc(Cc2ccc([C@@](O)(CNC(C)Cc3ccccc3)C(NC(C)Cc3ccccc3)C(O)c3ccc(O)c(C(N)=O)c3)cc2NC(=O)CO)cc1. The number of rotatable bonds is 19. The number of methoxy groups -OCH3 is 1. The van der Waals surface area contributed by atoms with Gasteiger partial charge in [0, 0.05) is 24.3 Å². The van der Waals surface area contributed by atoms with E-state index in [2.05, 4.69) is 16.0 Å². The van der Waals surface area contributed by atoms with E-state index in [0.717, 1.165) is 22.3 Å². The van der Waals surface area contributed by atoms with E-state index < -0.39 is 36.2 Å². The molecule has 0 radical (unpaired) electrons. The number of primary amides is 1. The largest absolute Gasteiger partial charge is 0.507 e. The number of phenols is 1. The molecule has 0 aliphatic rings. The molecule has 0 fully saturated rings. The van der Waals surface area contributed by atoms with Gasteiger partial charge in [0.2, 0.25) is 5.91 Å². The Bertz CT molecular complexity index is 2050. The summed E-state index contributed by atoms with van der Waals surface area (Å²) in [5.41, 5.74) is 8.29. The number of hydrogen-bond donors (Lipinski definition) is 8. The number of hydrogen-bond acceptors (Lipinski definition) is 9. The number of aromatic hydroxyl groups is 1. The molecule has 0 heterocycles. The van der Waals surface area contributed by atoms with Gasteiger partial charge in [0.25, 0.3) is 5.91 Å². The lowest BCUT2D eigenvalue weighted by Crippen LogP contribution is -2.59. The van der Waals surface area contributed by atoms with Crippen LogP contribution in [0.5, 0.6) is 11.5 Å². The van der Waals surface area contributed by atoms with Gasteiger partial charge in [-0.3, -0.25) is 9.59 Å². The monoisotopic (exact) mass is 760 g/mol. The van der Waals surface area contributed by atoms with Crippen LogP contribution in [0.15, 0.2) is 121 Å². The molecule has 2 amide bonds. The van der Waals surface area contributed by atoms with Crippen molar-refractivity contribution in [3.63, 3.8) is 0 Å². The van der Waals surface area contributed by atoms with E-state index in [1.165, 1.54) is 18.2 Å². The summed E-state index contributed by atoms with van der Waals surface area (Å²) < 4.78 is 5.31. The first kappa shape index (κ1) is 41.6. The van der Waals surface area contributed by atoms with Crippen LogP contribution in [0.2, 0.25) is 0 Å². The molecule has 4 unspecified atom stereocenters. The van der Waals surface area contributed by atoms with Gasteiger partial charge < -0.3 is 46.8 Å². The lowest BCUT2D eigenvalue weighted by Gasteiger charge is -2.42. The molecule has 0 aromatic heterocycles. The molecule has 0 spiro atoms. The molecule has 0 aliphatic heterocycles. The van der Waals surface area contributed by atoms with E-state index in [9.17, 15) is 30.0 Å². The third-order valence-corrected chi connectivity index (χ3v) is 9.99. The van der Waals surface area contributed by atoms with Gasteiger partial charge in [0.15, 0.2) is 0 Å². The van der Waals surface area contributed by atoms with Crippen molar-refractivity contribution in [2.75, 3.05) is 25.6 Å². The Morgan fingerprint density at radius 2 is 1.43 bits per heavy atom. The van der Waals surface area contributed by atoms with Crippen LogP contribution in [0.1, 0.15) is 63.7 Å². The molecule has 11 heteroatoms. The van der Waals surface area contributed by atoms with Crippen molar-refractivity contribution in [3.8, 4) is 11.5 Å². The quantitative estimate of drug-likeness (QED) is 0.0588. The Labute approximate surface area is 328 Å². The van der Waals surface area contributed by atoms with Crippen LogP contribution in [0.4, 0.5) is 5.69 Å². The highest BCUT2D eigenvalue weighted by molar-refractivity contribution is 5.95. The smallest absolute Gasteiger partial charge is 0.252 e. The molecule has 0 saturated carbocycles. The predicted octanol–water partition coefficient (Wildman–Crippen LogP) is 4.75. The van der Waals surface area contributed by atoms with Crippen LogP contribution in [-0.4, -0.2) is 70.6 Å². The number of ether oxygens (including phenoxy) is 1.